The molecule has 4 aromatic rings. The maximum Gasteiger partial charge on any atom is 0.201 e. The molecule has 2 aromatic heterocycles. The molecular formula is C18H12N4. The van der Waals surface area contributed by atoms with Crippen LogP contribution in [-0.2, 0) is 0 Å². The van der Waals surface area contributed by atoms with Gasteiger partial charge in [-0.25, -0.2) is 9.97 Å². The molecule has 22 heavy (non-hydrogen) atoms. The lowest BCUT2D eigenvalue weighted by Gasteiger charge is -2.09. The molecule has 4 nitrogen and oxygen atoms in total. The molecule has 0 saturated carbocycles. The van der Waals surface area contributed by atoms with Crippen LogP contribution in [0.15, 0.2) is 72.9 Å². The minimum absolute atomic E-state index is 0.557. The third-order valence-corrected chi connectivity index (χ3v) is 3.45. The normalized spacial score (nSPS) is 10.7. The quantitative estimate of drug-likeness (QED) is 0.562. The van der Waals surface area contributed by atoms with Crippen LogP contribution < -0.4 is 0 Å². The van der Waals surface area contributed by atoms with E-state index in [0.29, 0.717) is 5.65 Å². The van der Waals surface area contributed by atoms with E-state index >= 15 is 0 Å². The van der Waals surface area contributed by atoms with E-state index in [1.165, 1.54) is 0 Å². The van der Waals surface area contributed by atoms with Crippen LogP contribution >= 0.6 is 0 Å². The van der Waals surface area contributed by atoms with Gasteiger partial charge in [-0.1, -0.05) is 60.7 Å². The zero-order valence-corrected chi connectivity index (χ0v) is 11.7. The molecule has 0 fully saturated rings. The Kier molecular flexibility index (Phi) is 3.05. The molecule has 0 aliphatic heterocycles. The van der Waals surface area contributed by atoms with Crippen LogP contribution in [0.5, 0.6) is 0 Å². The monoisotopic (exact) mass is 284 g/mol. The van der Waals surface area contributed by atoms with Crippen LogP contribution in [0.2, 0.25) is 0 Å². The second-order valence-corrected chi connectivity index (χ2v) is 4.89. The lowest BCUT2D eigenvalue weighted by atomic mass is 10.0. The fourth-order valence-corrected chi connectivity index (χ4v) is 2.41. The Morgan fingerprint density at radius 2 is 1.18 bits per heavy atom. The standard InChI is InChI=1S/C18H12N4/c1-3-7-13(8-4-1)16-17(14-9-5-2-6-10-14)21-18-15(20-16)11-12-19-22-18/h1-12H. The van der Waals surface area contributed by atoms with Gasteiger partial charge in [0.1, 0.15) is 5.52 Å². The Bertz CT molecular complexity index is 843. The van der Waals surface area contributed by atoms with Crippen molar-refractivity contribution in [1.29, 1.82) is 0 Å². The fraction of sp³-hybridized carbons (Fsp3) is 0. The Labute approximate surface area is 127 Å². The van der Waals surface area contributed by atoms with Crippen LogP contribution in [-0.4, -0.2) is 20.2 Å². The Balaban J connectivity index is 2.04. The first-order valence-corrected chi connectivity index (χ1v) is 7.02. The summed E-state index contributed by atoms with van der Waals surface area (Å²) in [6, 6.07) is 21.9. The van der Waals surface area contributed by atoms with Crippen molar-refractivity contribution in [2.45, 2.75) is 0 Å². The second kappa shape index (κ2) is 5.33. The van der Waals surface area contributed by atoms with Crippen molar-refractivity contribution >= 4 is 11.2 Å². The van der Waals surface area contributed by atoms with Gasteiger partial charge in [-0.2, -0.15) is 5.10 Å². The molecule has 0 saturated heterocycles. The van der Waals surface area contributed by atoms with Crippen molar-refractivity contribution in [2.24, 2.45) is 0 Å². The summed E-state index contributed by atoms with van der Waals surface area (Å²) in [6.07, 6.45) is 1.63. The summed E-state index contributed by atoms with van der Waals surface area (Å²) in [5.74, 6) is 0. The first-order chi connectivity index (χ1) is 10.9. The maximum atomic E-state index is 4.76. The maximum absolute atomic E-state index is 4.76. The highest BCUT2D eigenvalue weighted by atomic mass is 15.1. The molecule has 4 heteroatoms. The Morgan fingerprint density at radius 3 is 1.82 bits per heavy atom. The first-order valence-electron chi connectivity index (χ1n) is 7.02. The summed E-state index contributed by atoms with van der Waals surface area (Å²) in [6.45, 7) is 0. The van der Waals surface area contributed by atoms with Gasteiger partial charge in [0, 0.05) is 11.1 Å². The van der Waals surface area contributed by atoms with Crippen molar-refractivity contribution in [2.75, 3.05) is 0 Å². The van der Waals surface area contributed by atoms with E-state index in [4.69, 9.17) is 4.98 Å². The topological polar surface area (TPSA) is 51.6 Å². The van der Waals surface area contributed by atoms with E-state index in [2.05, 4.69) is 15.2 Å². The molecule has 0 aliphatic carbocycles. The molecule has 4 rings (SSSR count). The van der Waals surface area contributed by atoms with Gasteiger partial charge in [0.25, 0.3) is 0 Å². The lowest BCUT2D eigenvalue weighted by molar-refractivity contribution is 1.04. The van der Waals surface area contributed by atoms with Crippen LogP contribution in [0.1, 0.15) is 0 Å². The van der Waals surface area contributed by atoms with E-state index in [0.717, 1.165) is 28.0 Å². The average molecular weight is 284 g/mol. The highest BCUT2D eigenvalue weighted by molar-refractivity contribution is 5.84. The molecule has 0 atom stereocenters. The SMILES string of the molecule is c1ccc(-c2nc3ccnnc3nc2-c2ccccc2)cc1. The van der Waals surface area contributed by atoms with Crippen molar-refractivity contribution in [3.63, 3.8) is 0 Å². The molecule has 2 heterocycles. The molecule has 0 aliphatic rings. The molecule has 2 aromatic carbocycles. The molecule has 0 radical (unpaired) electrons. The van der Waals surface area contributed by atoms with Gasteiger partial charge >= 0.3 is 0 Å². The van der Waals surface area contributed by atoms with E-state index in [1.54, 1.807) is 6.20 Å². The first kappa shape index (κ1) is 12.6. The van der Waals surface area contributed by atoms with Crippen LogP contribution in [0.25, 0.3) is 33.7 Å². The van der Waals surface area contributed by atoms with Crippen LogP contribution in [0.4, 0.5) is 0 Å². The van der Waals surface area contributed by atoms with E-state index in [9.17, 15) is 0 Å². The van der Waals surface area contributed by atoms with Gasteiger partial charge in [0.15, 0.2) is 0 Å². The third-order valence-electron chi connectivity index (χ3n) is 3.45. The molecule has 0 bridgehead atoms. The van der Waals surface area contributed by atoms with Crippen molar-refractivity contribution in [1.82, 2.24) is 20.2 Å². The van der Waals surface area contributed by atoms with Crippen LogP contribution in [0.3, 0.4) is 0 Å². The largest absolute Gasteiger partial charge is 0.242 e. The second-order valence-electron chi connectivity index (χ2n) is 4.89. The Hall–Kier alpha value is -3.14. The zero-order chi connectivity index (χ0) is 14.8. The molecule has 0 unspecified atom stereocenters. The minimum atomic E-state index is 0.557. The number of aromatic nitrogens is 4. The molecular weight excluding hydrogens is 272 g/mol. The van der Waals surface area contributed by atoms with E-state index < -0.39 is 0 Å². The summed E-state index contributed by atoms with van der Waals surface area (Å²) < 4.78 is 0. The minimum Gasteiger partial charge on any atom is -0.242 e. The number of hydrogen-bond acceptors (Lipinski definition) is 4. The van der Waals surface area contributed by atoms with Gasteiger partial charge in [0.2, 0.25) is 5.65 Å². The van der Waals surface area contributed by atoms with Crippen molar-refractivity contribution in [3.8, 4) is 22.5 Å². The fourth-order valence-electron chi connectivity index (χ4n) is 2.41. The summed E-state index contributed by atoms with van der Waals surface area (Å²) in [4.78, 5) is 9.44. The van der Waals surface area contributed by atoms with Gasteiger partial charge in [-0.05, 0) is 6.07 Å². The number of rotatable bonds is 2. The molecule has 0 spiro atoms. The third kappa shape index (κ3) is 2.20. The summed E-state index contributed by atoms with van der Waals surface area (Å²) in [5, 5.41) is 7.98. The number of hydrogen-bond donors (Lipinski definition) is 0. The van der Waals surface area contributed by atoms with Gasteiger partial charge in [0.05, 0.1) is 17.6 Å². The highest BCUT2D eigenvalue weighted by Gasteiger charge is 2.13. The van der Waals surface area contributed by atoms with E-state index in [1.807, 2.05) is 66.7 Å². The molecule has 0 N–H and O–H groups in total. The van der Waals surface area contributed by atoms with E-state index in [-0.39, 0.29) is 0 Å². The van der Waals surface area contributed by atoms with Gasteiger partial charge in [-0.3, -0.25) is 0 Å². The van der Waals surface area contributed by atoms with Gasteiger partial charge in [-0.15, -0.1) is 5.10 Å². The number of fused-ring (bicyclic) bond motifs is 1. The van der Waals surface area contributed by atoms with Crippen molar-refractivity contribution < 1.29 is 0 Å². The summed E-state index contributed by atoms with van der Waals surface area (Å²) >= 11 is 0. The zero-order valence-electron chi connectivity index (χ0n) is 11.7. The average Bonchev–Trinajstić information content (AvgIpc) is 2.62. The lowest BCUT2D eigenvalue weighted by Crippen LogP contribution is -1.97. The highest BCUT2D eigenvalue weighted by Crippen LogP contribution is 2.29. The summed E-state index contributed by atoms with van der Waals surface area (Å²) in [5.41, 5.74) is 5.02. The number of benzene rings is 2. The Morgan fingerprint density at radius 1 is 0.591 bits per heavy atom. The van der Waals surface area contributed by atoms with Crippen LogP contribution in [0, 0.1) is 0 Å². The molecule has 104 valence electrons. The predicted molar refractivity (Wildman–Crippen MR) is 86.0 cm³/mol. The summed E-state index contributed by atoms with van der Waals surface area (Å²) in [7, 11) is 0. The molecule has 0 amide bonds. The van der Waals surface area contributed by atoms with Crippen molar-refractivity contribution in [3.05, 3.63) is 72.9 Å². The predicted octanol–water partition coefficient (Wildman–Crippen LogP) is 3.75. The smallest absolute Gasteiger partial charge is 0.201 e. The number of nitrogens with zero attached hydrogens (tertiary/aromatic N) is 4. The van der Waals surface area contributed by atoms with Gasteiger partial charge < -0.3 is 0 Å².